The van der Waals surface area contributed by atoms with Gasteiger partial charge < -0.3 is 10.1 Å². The zero-order valence-corrected chi connectivity index (χ0v) is 26.5. The van der Waals surface area contributed by atoms with Gasteiger partial charge in [-0.05, 0) is 72.1 Å². The van der Waals surface area contributed by atoms with Crippen LogP contribution in [0.25, 0.3) is 0 Å². The van der Waals surface area contributed by atoms with Crippen molar-refractivity contribution in [3.8, 4) is 5.75 Å². The zero-order valence-electron chi connectivity index (χ0n) is 25.7. The van der Waals surface area contributed by atoms with E-state index in [1.165, 1.54) is 22.7 Å². The highest BCUT2D eigenvalue weighted by Crippen LogP contribution is 2.29. The number of hydrazone groups is 1. The molecule has 5 rings (SSSR count). The maximum Gasteiger partial charge on any atom is 0.273 e. The van der Waals surface area contributed by atoms with Crippen LogP contribution < -0.4 is 19.8 Å². The number of rotatable bonds is 13. The maximum absolute atomic E-state index is 13.9. The molecule has 0 saturated heterocycles. The highest BCUT2D eigenvalue weighted by molar-refractivity contribution is 7.92. The Hall–Kier alpha value is -5.74. The number of benzene rings is 5. The Kier molecular flexibility index (Phi) is 10.8. The van der Waals surface area contributed by atoms with Gasteiger partial charge in [-0.1, -0.05) is 91.0 Å². The van der Waals surface area contributed by atoms with Crippen LogP contribution in [0.5, 0.6) is 5.75 Å². The van der Waals surface area contributed by atoms with E-state index in [-0.39, 0.29) is 41.2 Å². The molecule has 10 heteroatoms. The molecule has 2 N–H and O–H groups in total. The van der Waals surface area contributed by atoms with E-state index in [1.807, 2.05) is 67.6 Å². The highest BCUT2D eigenvalue weighted by atomic mass is 32.2. The number of hydrogen-bond donors (Lipinski definition) is 2. The first-order valence-electron chi connectivity index (χ1n) is 14.9. The van der Waals surface area contributed by atoms with Gasteiger partial charge in [0, 0.05) is 0 Å². The number of anilines is 1. The van der Waals surface area contributed by atoms with E-state index in [9.17, 15) is 18.0 Å². The first-order valence-corrected chi connectivity index (χ1v) is 16.4. The third-order valence-electron chi connectivity index (χ3n) is 7.22. The van der Waals surface area contributed by atoms with Crippen LogP contribution >= 0.6 is 0 Å². The molecule has 1 atom stereocenters. The molecule has 0 saturated carbocycles. The Morgan fingerprint density at radius 3 is 2.06 bits per heavy atom. The Morgan fingerprint density at radius 1 is 0.787 bits per heavy atom. The number of amides is 2. The molecule has 0 aliphatic rings. The summed E-state index contributed by atoms with van der Waals surface area (Å²) in [5, 5.41) is 7.00. The third kappa shape index (κ3) is 8.71. The summed E-state index contributed by atoms with van der Waals surface area (Å²) in [5.41, 5.74) is 5.30. The van der Waals surface area contributed by atoms with E-state index in [4.69, 9.17) is 4.74 Å². The van der Waals surface area contributed by atoms with E-state index in [0.717, 1.165) is 11.1 Å². The number of carbonyl (C=O) groups is 2. The van der Waals surface area contributed by atoms with Crippen molar-refractivity contribution in [3.05, 3.63) is 162 Å². The fraction of sp³-hybridized carbons (Fsp3) is 0.108. The first kappa shape index (κ1) is 32.6. The van der Waals surface area contributed by atoms with Gasteiger partial charge in [0.1, 0.15) is 5.75 Å². The van der Waals surface area contributed by atoms with Crippen molar-refractivity contribution < 1.29 is 22.7 Å². The van der Waals surface area contributed by atoms with Crippen LogP contribution in [-0.2, 0) is 21.4 Å². The molecule has 0 aromatic heterocycles. The molecule has 5 aromatic rings. The molecule has 9 nitrogen and oxygen atoms in total. The SMILES string of the molecule is C[C@H](NC(=O)COc1ccc(/C=N\NC(=O)c2ccccc2N(Cc2ccccc2)S(=O)(=O)c2ccccc2)cc1)c1ccccc1. The van der Waals surface area contributed by atoms with Crippen molar-refractivity contribution in [2.24, 2.45) is 5.10 Å². The Balaban J connectivity index is 1.24. The number of para-hydroxylation sites is 1. The number of nitrogens with one attached hydrogen (secondary N) is 2. The molecule has 0 bridgehead atoms. The summed E-state index contributed by atoms with van der Waals surface area (Å²) < 4.78 is 34.6. The minimum absolute atomic E-state index is 0.0216. The lowest BCUT2D eigenvalue weighted by Crippen LogP contribution is -2.33. The van der Waals surface area contributed by atoms with Crippen molar-refractivity contribution >= 4 is 33.7 Å². The summed E-state index contributed by atoms with van der Waals surface area (Å²) in [4.78, 5) is 25.8. The lowest BCUT2D eigenvalue weighted by molar-refractivity contribution is -0.123. The van der Waals surface area contributed by atoms with Crippen LogP contribution in [-0.4, -0.2) is 33.1 Å². The van der Waals surface area contributed by atoms with E-state index >= 15 is 0 Å². The van der Waals surface area contributed by atoms with Gasteiger partial charge in [0.15, 0.2) is 6.61 Å². The molecule has 0 radical (unpaired) electrons. The normalized spacial score (nSPS) is 11.9. The fourth-order valence-electron chi connectivity index (χ4n) is 4.78. The molecule has 5 aromatic carbocycles. The van der Waals surface area contributed by atoms with Crippen molar-refractivity contribution in [2.75, 3.05) is 10.9 Å². The van der Waals surface area contributed by atoms with Crippen LogP contribution in [0.4, 0.5) is 5.69 Å². The van der Waals surface area contributed by atoms with Crippen molar-refractivity contribution in [1.82, 2.24) is 10.7 Å². The highest BCUT2D eigenvalue weighted by Gasteiger charge is 2.28. The average Bonchev–Trinajstić information content (AvgIpc) is 3.11. The maximum atomic E-state index is 13.9. The molecule has 238 valence electrons. The molecule has 0 fully saturated rings. The van der Waals surface area contributed by atoms with Gasteiger partial charge in [0.25, 0.3) is 21.8 Å². The summed E-state index contributed by atoms with van der Waals surface area (Å²) >= 11 is 0. The molecule has 0 unspecified atom stereocenters. The molecule has 0 aliphatic carbocycles. The molecule has 0 spiro atoms. The molecule has 0 heterocycles. The van der Waals surface area contributed by atoms with Gasteiger partial charge >= 0.3 is 0 Å². The van der Waals surface area contributed by atoms with Crippen molar-refractivity contribution in [3.63, 3.8) is 0 Å². The zero-order chi connectivity index (χ0) is 33.1. The fourth-order valence-corrected chi connectivity index (χ4v) is 6.28. The number of hydrogen-bond acceptors (Lipinski definition) is 6. The minimum atomic E-state index is -4.03. The summed E-state index contributed by atoms with van der Waals surface area (Å²) in [7, 11) is -4.03. The Labute approximate surface area is 274 Å². The summed E-state index contributed by atoms with van der Waals surface area (Å²) in [6, 6.07) is 40.2. The van der Waals surface area contributed by atoms with Gasteiger partial charge in [0.2, 0.25) is 0 Å². The van der Waals surface area contributed by atoms with Gasteiger partial charge in [-0.2, -0.15) is 5.10 Å². The molecular weight excluding hydrogens is 612 g/mol. The largest absolute Gasteiger partial charge is 0.484 e. The summed E-state index contributed by atoms with van der Waals surface area (Å²) in [6.07, 6.45) is 1.46. The smallest absolute Gasteiger partial charge is 0.273 e. The lowest BCUT2D eigenvalue weighted by atomic mass is 10.1. The van der Waals surface area contributed by atoms with Crippen LogP contribution in [0.1, 0.15) is 40.0 Å². The first-order chi connectivity index (χ1) is 22.8. The number of sulfonamides is 1. The average molecular weight is 647 g/mol. The molecule has 0 aliphatic heterocycles. The van der Waals surface area contributed by atoms with Gasteiger partial charge in [0.05, 0.1) is 34.9 Å². The summed E-state index contributed by atoms with van der Waals surface area (Å²) in [5.74, 6) is -0.316. The number of ether oxygens (including phenoxy) is 1. The quantitative estimate of drug-likeness (QED) is 0.118. The van der Waals surface area contributed by atoms with E-state index in [0.29, 0.717) is 11.3 Å². The van der Waals surface area contributed by atoms with E-state index in [1.54, 1.807) is 66.7 Å². The van der Waals surface area contributed by atoms with Crippen molar-refractivity contribution in [2.45, 2.75) is 24.4 Å². The van der Waals surface area contributed by atoms with Crippen LogP contribution in [0, 0.1) is 0 Å². The van der Waals surface area contributed by atoms with E-state index in [2.05, 4.69) is 15.8 Å². The van der Waals surface area contributed by atoms with E-state index < -0.39 is 15.9 Å². The Bertz CT molecular complexity index is 1920. The predicted octanol–water partition coefficient (Wildman–Crippen LogP) is 6.10. The number of nitrogens with zero attached hydrogens (tertiary/aromatic N) is 2. The van der Waals surface area contributed by atoms with Crippen LogP contribution in [0.2, 0.25) is 0 Å². The molecule has 2 amide bonds. The van der Waals surface area contributed by atoms with Gasteiger partial charge in [-0.3, -0.25) is 13.9 Å². The summed E-state index contributed by atoms with van der Waals surface area (Å²) in [6.45, 7) is 1.79. The lowest BCUT2D eigenvalue weighted by Gasteiger charge is -2.26. The minimum Gasteiger partial charge on any atom is -0.484 e. The molecule has 47 heavy (non-hydrogen) atoms. The standard InChI is InChI=1S/C37H34N4O5S/c1-28(31-15-7-3-8-16-31)39-36(42)27-46-32-23-21-29(22-24-32)25-38-40-37(43)34-19-11-12-20-35(34)41(26-30-13-5-2-6-14-30)47(44,45)33-17-9-4-10-18-33/h2-25,28H,26-27H2,1H3,(H,39,42)(H,40,43)/b38-25-/t28-/m0/s1. The third-order valence-corrected chi connectivity index (χ3v) is 9.00. The molecular formula is C37H34N4O5S. The number of carbonyl (C=O) groups excluding carboxylic acids is 2. The van der Waals surface area contributed by atoms with Gasteiger partial charge in [-0.25, -0.2) is 13.8 Å². The predicted molar refractivity (Wildman–Crippen MR) is 183 cm³/mol. The Morgan fingerprint density at radius 2 is 1.38 bits per heavy atom. The second-order valence-electron chi connectivity index (χ2n) is 10.6. The second-order valence-corrected chi connectivity index (χ2v) is 12.4. The van der Waals surface area contributed by atoms with Crippen LogP contribution in [0.15, 0.2) is 150 Å². The second kappa shape index (κ2) is 15.5. The monoisotopic (exact) mass is 646 g/mol. The van der Waals surface area contributed by atoms with Crippen molar-refractivity contribution in [1.29, 1.82) is 0 Å². The van der Waals surface area contributed by atoms with Gasteiger partial charge in [-0.15, -0.1) is 0 Å². The topological polar surface area (TPSA) is 117 Å². The van der Waals surface area contributed by atoms with Crippen LogP contribution in [0.3, 0.4) is 0 Å².